The molecule has 3 saturated carbocycles. The predicted molar refractivity (Wildman–Crippen MR) is 144 cm³/mol. The Hall–Kier alpha value is -2.60. The number of phosphoric ester groups is 1. The van der Waals surface area contributed by atoms with Gasteiger partial charge in [-0.05, 0) is 69.8 Å². The van der Waals surface area contributed by atoms with Crippen molar-refractivity contribution in [1.82, 2.24) is 5.32 Å². The number of rotatable bonds is 9. The molecule has 1 atom stereocenters. The molecule has 0 spiro atoms. The molecule has 0 heterocycles. The fourth-order valence-corrected chi connectivity index (χ4v) is 5.58. The molecule has 222 valence electrons. The number of fused-ring (bicyclic) bond motifs is 3. The van der Waals surface area contributed by atoms with Gasteiger partial charge in [-0.3, -0.25) is 14.1 Å². The summed E-state index contributed by atoms with van der Waals surface area (Å²) in [5.41, 5.74) is 4.07. The number of hydrogen-bond acceptors (Lipinski definition) is 7. The van der Waals surface area contributed by atoms with Gasteiger partial charge in [0.05, 0.1) is 17.7 Å². The monoisotopic (exact) mass is 606 g/mol. The lowest BCUT2D eigenvalue weighted by molar-refractivity contribution is -0.109. The second kappa shape index (κ2) is 14.9. The lowest BCUT2D eigenvalue weighted by Gasteiger charge is -2.56. The summed E-state index contributed by atoms with van der Waals surface area (Å²) in [7, 11) is -2.79. The SMILES string of the molecule is CNC12CCC(COc3ccc(Cl)c(F)c3)(CC1)CC2OP(=O)(O)O.Cc1ccc(OCC=O)cc1F.NC=O. The van der Waals surface area contributed by atoms with Crippen LogP contribution in [-0.4, -0.2) is 54.4 Å². The number of amides is 1. The van der Waals surface area contributed by atoms with Gasteiger partial charge < -0.3 is 30.3 Å². The van der Waals surface area contributed by atoms with Crippen LogP contribution in [0.3, 0.4) is 0 Å². The Labute approximate surface area is 236 Å². The lowest BCUT2D eigenvalue weighted by Crippen LogP contribution is -2.63. The molecule has 2 aromatic carbocycles. The van der Waals surface area contributed by atoms with Crippen molar-refractivity contribution < 1.29 is 46.7 Å². The van der Waals surface area contributed by atoms with Crippen molar-refractivity contribution in [2.45, 2.75) is 50.7 Å². The molecule has 0 saturated heterocycles. The highest BCUT2D eigenvalue weighted by Crippen LogP contribution is 2.56. The van der Waals surface area contributed by atoms with Crippen molar-refractivity contribution in [1.29, 1.82) is 0 Å². The Morgan fingerprint density at radius 2 is 1.65 bits per heavy atom. The minimum atomic E-state index is -4.58. The number of carbonyl (C=O) groups is 2. The van der Waals surface area contributed by atoms with Gasteiger partial charge >= 0.3 is 7.82 Å². The second-order valence-corrected chi connectivity index (χ2v) is 11.2. The number of nitrogens with one attached hydrogen (secondary N) is 1. The van der Waals surface area contributed by atoms with Crippen LogP contribution in [0.15, 0.2) is 36.4 Å². The number of halogens is 3. The summed E-state index contributed by atoms with van der Waals surface area (Å²) in [6.07, 6.45) is 3.95. The number of nitrogens with two attached hydrogens (primary N) is 1. The highest BCUT2D eigenvalue weighted by molar-refractivity contribution is 7.46. The zero-order chi connectivity index (χ0) is 30.0. The van der Waals surface area contributed by atoms with E-state index < -0.39 is 25.3 Å². The number of phosphoric acid groups is 1. The third-order valence-corrected chi connectivity index (χ3v) is 7.93. The van der Waals surface area contributed by atoms with Gasteiger partial charge in [-0.1, -0.05) is 17.7 Å². The zero-order valence-corrected chi connectivity index (χ0v) is 23.8. The number of aryl methyl sites for hydroxylation is 1. The average molecular weight is 607 g/mol. The molecular weight excluding hydrogens is 573 g/mol. The van der Waals surface area contributed by atoms with Crippen molar-refractivity contribution in [2.75, 3.05) is 20.3 Å². The summed E-state index contributed by atoms with van der Waals surface area (Å²) in [6, 6.07) is 8.79. The second-order valence-electron chi connectivity index (χ2n) is 9.58. The first-order valence-electron chi connectivity index (χ1n) is 12.3. The van der Waals surface area contributed by atoms with Crippen LogP contribution < -0.4 is 20.5 Å². The van der Waals surface area contributed by atoms with E-state index in [9.17, 15) is 27.9 Å². The number of likely N-dealkylation sites (N-methyl/N-ethyl adjacent to an activating group) is 1. The maximum Gasteiger partial charge on any atom is 0.469 e. The Morgan fingerprint density at radius 1 is 1.07 bits per heavy atom. The molecule has 0 radical (unpaired) electrons. The van der Waals surface area contributed by atoms with E-state index in [2.05, 4.69) is 11.1 Å². The minimum Gasteiger partial charge on any atom is -0.493 e. The number of benzene rings is 2. The predicted octanol–water partition coefficient (Wildman–Crippen LogP) is 4.07. The van der Waals surface area contributed by atoms with Crippen LogP contribution in [0.25, 0.3) is 0 Å². The summed E-state index contributed by atoms with van der Waals surface area (Å²) in [5, 5.41) is 3.25. The van der Waals surface area contributed by atoms with Crippen LogP contribution in [0.5, 0.6) is 11.5 Å². The van der Waals surface area contributed by atoms with Crippen molar-refractivity contribution in [2.24, 2.45) is 11.1 Å². The van der Waals surface area contributed by atoms with Gasteiger partial charge in [0, 0.05) is 23.1 Å². The van der Waals surface area contributed by atoms with Crippen molar-refractivity contribution in [3.63, 3.8) is 0 Å². The number of hydrogen-bond donors (Lipinski definition) is 4. The fraction of sp³-hybridized carbons (Fsp3) is 0.462. The highest BCUT2D eigenvalue weighted by atomic mass is 35.5. The quantitative estimate of drug-likeness (QED) is 0.244. The molecule has 10 nitrogen and oxygen atoms in total. The lowest BCUT2D eigenvalue weighted by atomic mass is 9.56. The molecule has 1 unspecified atom stereocenters. The molecule has 0 aliphatic heterocycles. The van der Waals surface area contributed by atoms with Crippen LogP contribution in [0.2, 0.25) is 5.02 Å². The summed E-state index contributed by atoms with van der Waals surface area (Å²) in [5.74, 6) is -0.0933. The summed E-state index contributed by atoms with van der Waals surface area (Å²) >= 11 is 5.67. The van der Waals surface area contributed by atoms with Crippen LogP contribution >= 0.6 is 19.4 Å². The minimum absolute atomic E-state index is 0.0368. The van der Waals surface area contributed by atoms with Crippen molar-refractivity contribution in [3.8, 4) is 11.5 Å². The van der Waals surface area contributed by atoms with E-state index in [1.54, 1.807) is 32.2 Å². The molecule has 0 aromatic heterocycles. The molecule has 3 aliphatic rings. The maximum atomic E-state index is 13.5. The fourth-order valence-electron chi connectivity index (χ4n) is 4.86. The molecule has 3 aliphatic carbocycles. The van der Waals surface area contributed by atoms with E-state index in [4.69, 9.17) is 30.4 Å². The first-order chi connectivity index (χ1) is 18.8. The van der Waals surface area contributed by atoms with E-state index in [1.807, 2.05) is 0 Å². The Balaban J connectivity index is 0.000000312. The van der Waals surface area contributed by atoms with Gasteiger partial charge in [0.1, 0.15) is 29.7 Å². The van der Waals surface area contributed by atoms with E-state index in [0.717, 1.165) is 25.7 Å². The Morgan fingerprint density at radius 3 is 2.17 bits per heavy atom. The first-order valence-corrected chi connectivity index (χ1v) is 14.2. The van der Waals surface area contributed by atoms with E-state index in [0.29, 0.717) is 36.4 Å². The zero-order valence-electron chi connectivity index (χ0n) is 22.1. The summed E-state index contributed by atoms with van der Waals surface area (Å²) < 4.78 is 53.5. The Bertz CT molecular complexity index is 1190. The van der Waals surface area contributed by atoms with Gasteiger partial charge in [-0.2, -0.15) is 0 Å². The normalized spacial score (nSPS) is 23.1. The maximum absolute atomic E-state index is 13.5. The Kier molecular flexibility index (Phi) is 12.5. The number of carbonyl (C=O) groups excluding carboxylic acids is 2. The van der Waals surface area contributed by atoms with Crippen LogP contribution in [0.1, 0.15) is 37.7 Å². The summed E-state index contributed by atoms with van der Waals surface area (Å²) in [4.78, 5) is 37.0. The van der Waals surface area contributed by atoms with Crippen LogP contribution in [0.4, 0.5) is 8.78 Å². The number of ether oxygens (including phenoxy) is 2. The molecule has 2 aromatic rings. The van der Waals surface area contributed by atoms with Crippen molar-refractivity contribution >= 4 is 32.1 Å². The standard InChI is InChI=1S/C16H22ClFNO5P.C9H9FO2.CH3NO/c1-19-16-6-4-15(5-7-16,9-14(16)24-25(20,21)22)10-23-11-2-3-12(17)13(18)8-11;1-7-2-3-8(6-9(7)10)12-5-4-11;2-1-3/h2-3,8,14,19H,4-7,9-10H2,1H3,(H2,20,21,22);2-4,6H,5H2,1H3;1H,(H2,2,3). The topological polar surface area (TPSA) is 157 Å². The molecular formula is C26H34ClF2N2O8P. The first kappa shape index (κ1) is 33.6. The number of aldehydes is 1. The highest BCUT2D eigenvalue weighted by Gasteiger charge is 2.56. The van der Waals surface area contributed by atoms with Gasteiger partial charge in [0.15, 0.2) is 6.29 Å². The number of primary amides is 1. The van der Waals surface area contributed by atoms with Gasteiger partial charge in [0.25, 0.3) is 0 Å². The molecule has 3 fully saturated rings. The molecule has 2 bridgehead atoms. The molecule has 14 heteroatoms. The molecule has 1 amide bonds. The van der Waals surface area contributed by atoms with Crippen LogP contribution in [0, 0.1) is 24.0 Å². The molecule has 5 N–H and O–H groups in total. The van der Waals surface area contributed by atoms with Crippen molar-refractivity contribution in [3.05, 3.63) is 58.6 Å². The molecule has 40 heavy (non-hydrogen) atoms. The van der Waals surface area contributed by atoms with E-state index in [-0.39, 0.29) is 29.3 Å². The largest absolute Gasteiger partial charge is 0.493 e. The average Bonchev–Trinajstić information content (AvgIpc) is 2.91. The van der Waals surface area contributed by atoms with E-state index >= 15 is 0 Å². The van der Waals surface area contributed by atoms with Gasteiger partial charge in [0.2, 0.25) is 6.41 Å². The summed E-state index contributed by atoms with van der Waals surface area (Å²) in [6.45, 7) is 1.97. The van der Waals surface area contributed by atoms with Crippen LogP contribution in [-0.2, 0) is 18.7 Å². The van der Waals surface area contributed by atoms with E-state index in [1.165, 1.54) is 18.2 Å². The van der Waals surface area contributed by atoms with Gasteiger partial charge in [-0.15, -0.1) is 0 Å². The third kappa shape index (κ3) is 9.50. The van der Waals surface area contributed by atoms with Gasteiger partial charge in [-0.25, -0.2) is 13.3 Å². The third-order valence-electron chi connectivity index (χ3n) is 7.10. The smallest absolute Gasteiger partial charge is 0.469 e. The molecule has 5 rings (SSSR count).